The molecule has 0 N–H and O–H groups in total. The normalized spacial score (nSPS) is 11.5. The van der Waals surface area contributed by atoms with Crippen LogP contribution in [0.1, 0.15) is 0 Å². The molecule has 0 saturated heterocycles. The molecular formula is C52H34. The van der Waals surface area contributed by atoms with Crippen LogP contribution in [0.2, 0.25) is 0 Å². The lowest BCUT2D eigenvalue weighted by atomic mass is 9.85. The maximum atomic E-state index is 2.38. The first-order valence-corrected chi connectivity index (χ1v) is 18.0. The summed E-state index contributed by atoms with van der Waals surface area (Å²) in [5, 5.41) is 10.1. The minimum atomic E-state index is 1.22. The van der Waals surface area contributed by atoms with Gasteiger partial charge in [-0.25, -0.2) is 0 Å². The lowest BCUT2D eigenvalue weighted by Crippen LogP contribution is -1.91. The second kappa shape index (κ2) is 12.5. The summed E-state index contributed by atoms with van der Waals surface area (Å²) in [6.45, 7) is 0. The molecular weight excluding hydrogens is 625 g/mol. The fourth-order valence-electron chi connectivity index (χ4n) is 8.13. The Kier molecular flexibility index (Phi) is 7.25. The summed E-state index contributed by atoms with van der Waals surface area (Å²) in [5.41, 5.74) is 12.4. The Morgan fingerprint density at radius 3 is 1.33 bits per heavy atom. The summed E-state index contributed by atoms with van der Waals surface area (Å²) in [6, 6.07) is 75.5. The van der Waals surface area contributed by atoms with Gasteiger partial charge in [0, 0.05) is 0 Å². The van der Waals surface area contributed by atoms with Gasteiger partial charge in [-0.3, -0.25) is 0 Å². The van der Waals surface area contributed by atoms with E-state index in [1.54, 1.807) is 0 Å². The number of hydrogen-bond acceptors (Lipinski definition) is 0. The molecule has 0 nitrogen and oxygen atoms in total. The van der Waals surface area contributed by atoms with Crippen molar-refractivity contribution < 1.29 is 0 Å². The van der Waals surface area contributed by atoms with E-state index in [1.807, 2.05) is 0 Å². The number of rotatable bonds is 5. The van der Waals surface area contributed by atoms with E-state index in [-0.39, 0.29) is 0 Å². The van der Waals surface area contributed by atoms with E-state index in [0.717, 1.165) is 0 Å². The molecule has 10 aromatic carbocycles. The summed E-state index contributed by atoms with van der Waals surface area (Å²) >= 11 is 0. The summed E-state index contributed by atoms with van der Waals surface area (Å²) in [5.74, 6) is 0. The molecule has 0 bridgehead atoms. The van der Waals surface area contributed by atoms with Crippen LogP contribution in [-0.4, -0.2) is 0 Å². The van der Waals surface area contributed by atoms with Crippen LogP contribution in [-0.2, 0) is 0 Å². The molecule has 0 heterocycles. The zero-order valence-electron chi connectivity index (χ0n) is 28.6. The zero-order chi connectivity index (χ0) is 34.4. The molecule has 0 unspecified atom stereocenters. The molecule has 0 radical (unpaired) electrons. The van der Waals surface area contributed by atoms with Crippen molar-refractivity contribution in [1.29, 1.82) is 0 Å². The lowest BCUT2D eigenvalue weighted by Gasteiger charge is -2.18. The summed E-state index contributed by atoms with van der Waals surface area (Å²) in [7, 11) is 0. The van der Waals surface area contributed by atoms with Crippen molar-refractivity contribution >= 4 is 43.1 Å². The van der Waals surface area contributed by atoms with Crippen molar-refractivity contribution in [3.8, 4) is 55.6 Å². The molecule has 0 aliphatic heterocycles. The zero-order valence-corrected chi connectivity index (χ0v) is 28.6. The van der Waals surface area contributed by atoms with Gasteiger partial charge in [0.15, 0.2) is 0 Å². The van der Waals surface area contributed by atoms with Crippen molar-refractivity contribution in [3.63, 3.8) is 0 Å². The fraction of sp³-hybridized carbons (Fsp3) is 0. The maximum absolute atomic E-state index is 2.38. The number of benzene rings is 10. The van der Waals surface area contributed by atoms with Crippen LogP contribution in [0.5, 0.6) is 0 Å². The van der Waals surface area contributed by atoms with E-state index in [2.05, 4.69) is 206 Å². The molecule has 0 spiro atoms. The smallest absolute Gasteiger partial charge is 0.00262 e. The van der Waals surface area contributed by atoms with Crippen LogP contribution >= 0.6 is 0 Å². The standard InChI is InChI=1S/C52H34/c1-2-12-35(13-3-1)40-16-10-17-41(32-40)42-30-24-36-25-31-43(34-44(36)33-42)52-49-21-8-6-19-47(49)51(48-20-7-9-22-50(48)52)39-28-26-38(27-29-39)46-23-11-15-37-14-4-5-18-45(37)46/h1-34H. The number of hydrogen-bond donors (Lipinski definition) is 0. The third kappa shape index (κ3) is 5.16. The Labute approximate surface area is 303 Å². The van der Waals surface area contributed by atoms with Crippen molar-refractivity contribution in [1.82, 2.24) is 0 Å². The predicted molar refractivity (Wildman–Crippen MR) is 224 cm³/mol. The Bertz CT molecular complexity index is 2870. The van der Waals surface area contributed by atoms with Gasteiger partial charge in [-0.1, -0.05) is 188 Å². The van der Waals surface area contributed by atoms with Gasteiger partial charge < -0.3 is 0 Å². The summed E-state index contributed by atoms with van der Waals surface area (Å²) in [4.78, 5) is 0. The van der Waals surface area contributed by atoms with Crippen LogP contribution in [0.3, 0.4) is 0 Å². The van der Waals surface area contributed by atoms with Crippen molar-refractivity contribution in [3.05, 3.63) is 206 Å². The van der Waals surface area contributed by atoms with E-state index in [0.29, 0.717) is 0 Å². The van der Waals surface area contributed by atoms with Crippen LogP contribution in [0.25, 0.3) is 98.7 Å². The largest absolute Gasteiger partial charge is 0.0622 e. The predicted octanol–water partition coefficient (Wildman–Crippen LogP) is 14.6. The first kappa shape index (κ1) is 30.1. The van der Waals surface area contributed by atoms with Gasteiger partial charge in [0.1, 0.15) is 0 Å². The molecule has 0 aromatic heterocycles. The molecule has 10 rings (SSSR count). The molecule has 242 valence electrons. The van der Waals surface area contributed by atoms with Crippen molar-refractivity contribution in [2.24, 2.45) is 0 Å². The Morgan fingerprint density at radius 1 is 0.192 bits per heavy atom. The molecule has 0 aliphatic carbocycles. The van der Waals surface area contributed by atoms with E-state index in [4.69, 9.17) is 0 Å². The summed E-state index contributed by atoms with van der Waals surface area (Å²) in [6.07, 6.45) is 0. The van der Waals surface area contributed by atoms with Gasteiger partial charge in [0.2, 0.25) is 0 Å². The van der Waals surface area contributed by atoms with Crippen LogP contribution in [0.15, 0.2) is 206 Å². The molecule has 0 saturated carbocycles. The summed E-state index contributed by atoms with van der Waals surface area (Å²) < 4.78 is 0. The highest BCUT2D eigenvalue weighted by molar-refractivity contribution is 6.21. The highest BCUT2D eigenvalue weighted by Crippen LogP contribution is 2.45. The monoisotopic (exact) mass is 658 g/mol. The maximum Gasteiger partial charge on any atom is -0.00262 e. The lowest BCUT2D eigenvalue weighted by molar-refractivity contribution is 1.60. The second-order valence-electron chi connectivity index (χ2n) is 13.7. The average molecular weight is 659 g/mol. The van der Waals surface area contributed by atoms with Gasteiger partial charge in [-0.15, -0.1) is 0 Å². The topological polar surface area (TPSA) is 0 Å². The Morgan fingerprint density at radius 2 is 0.635 bits per heavy atom. The van der Waals surface area contributed by atoms with Gasteiger partial charge >= 0.3 is 0 Å². The van der Waals surface area contributed by atoms with E-state index in [1.165, 1.54) is 98.7 Å². The first-order chi connectivity index (χ1) is 25.8. The molecule has 10 aromatic rings. The van der Waals surface area contributed by atoms with E-state index in [9.17, 15) is 0 Å². The molecule has 0 fully saturated rings. The second-order valence-corrected chi connectivity index (χ2v) is 13.7. The molecule has 0 aliphatic rings. The third-order valence-electron chi connectivity index (χ3n) is 10.6. The van der Waals surface area contributed by atoms with Gasteiger partial charge in [0.05, 0.1) is 0 Å². The van der Waals surface area contributed by atoms with Gasteiger partial charge in [-0.2, -0.15) is 0 Å². The van der Waals surface area contributed by atoms with Crippen LogP contribution < -0.4 is 0 Å². The highest BCUT2D eigenvalue weighted by atomic mass is 14.2. The molecule has 0 heteroatoms. The van der Waals surface area contributed by atoms with E-state index < -0.39 is 0 Å². The van der Waals surface area contributed by atoms with Crippen molar-refractivity contribution in [2.45, 2.75) is 0 Å². The third-order valence-corrected chi connectivity index (χ3v) is 10.6. The SMILES string of the molecule is c1ccc(-c2cccc(-c3ccc4ccc(-c5c6ccccc6c(-c6ccc(-c7cccc8ccccc78)cc6)c6ccccc56)cc4c3)c2)cc1. The molecule has 0 amide bonds. The Balaban J connectivity index is 1.11. The highest BCUT2D eigenvalue weighted by Gasteiger charge is 2.17. The van der Waals surface area contributed by atoms with Crippen LogP contribution in [0.4, 0.5) is 0 Å². The van der Waals surface area contributed by atoms with Crippen molar-refractivity contribution in [2.75, 3.05) is 0 Å². The van der Waals surface area contributed by atoms with Gasteiger partial charge in [0.25, 0.3) is 0 Å². The molecule has 52 heavy (non-hydrogen) atoms. The van der Waals surface area contributed by atoms with E-state index >= 15 is 0 Å². The molecule has 0 atom stereocenters. The fourth-order valence-corrected chi connectivity index (χ4v) is 8.13. The Hall–Kier alpha value is -6.76. The quantitative estimate of drug-likeness (QED) is 0.161. The number of fused-ring (bicyclic) bond motifs is 4. The van der Waals surface area contributed by atoms with Crippen LogP contribution in [0, 0.1) is 0 Å². The first-order valence-electron chi connectivity index (χ1n) is 18.0. The minimum absolute atomic E-state index is 1.22. The minimum Gasteiger partial charge on any atom is -0.0622 e. The van der Waals surface area contributed by atoms with Gasteiger partial charge in [-0.05, 0) is 117 Å². The average Bonchev–Trinajstić information content (AvgIpc) is 3.22.